The van der Waals surface area contributed by atoms with Crippen molar-refractivity contribution < 1.29 is 5.11 Å². The number of rotatable bonds is 11. The van der Waals surface area contributed by atoms with E-state index in [1.807, 2.05) is 0 Å². The highest BCUT2D eigenvalue weighted by atomic mass is 16.2. The highest BCUT2D eigenvalue weighted by Crippen LogP contribution is 2.51. The van der Waals surface area contributed by atoms with Crippen molar-refractivity contribution in [3.05, 3.63) is 0 Å². The van der Waals surface area contributed by atoms with Crippen LogP contribution < -0.4 is 0 Å². The maximum Gasteiger partial charge on any atom is 0.0431 e. The first-order valence-corrected chi connectivity index (χ1v) is 14.8. The van der Waals surface area contributed by atoms with E-state index in [1.165, 1.54) is 64.2 Å². The molecule has 1 nitrogen and oxygen atoms in total. The molecular weight excluding hydrogens is 376 g/mol. The molecule has 0 aromatic carbocycles. The maximum atomic E-state index is 9.23. The van der Waals surface area contributed by atoms with Crippen LogP contribution in [-0.4, -0.2) is 11.7 Å². The molecule has 6 unspecified atom stereocenters. The third kappa shape index (κ3) is 7.22. The van der Waals surface area contributed by atoms with Crippen molar-refractivity contribution in [2.24, 2.45) is 47.3 Å². The van der Waals surface area contributed by atoms with Gasteiger partial charge >= 0.3 is 0 Å². The Morgan fingerprint density at radius 1 is 0.581 bits per heavy atom. The fourth-order valence-corrected chi connectivity index (χ4v) is 8.51. The Morgan fingerprint density at radius 2 is 1.16 bits per heavy atom. The predicted molar refractivity (Wildman–Crippen MR) is 135 cm³/mol. The van der Waals surface area contributed by atoms with Crippen molar-refractivity contribution in [1.82, 2.24) is 0 Å². The summed E-state index contributed by atoms with van der Waals surface area (Å²) in [6.45, 7) is 7.68. The number of hydrogen-bond acceptors (Lipinski definition) is 1. The molecule has 1 N–H and O–H groups in total. The van der Waals surface area contributed by atoms with Crippen LogP contribution >= 0.6 is 0 Å². The van der Waals surface area contributed by atoms with Crippen LogP contribution in [0.1, 0.15) is 136 Å². The molecule has 0 amide bonds. The molecule has 0 heterocycles. The zero-order valence-electron chi connectivity index (χ0n) is 21.5. The third-order valence-corrected chi connectivity index (χ3v) is 10.4. The third-order valence-electron chi connectivity index (χ3n) is 10.4. The lowest BCUT2D eigenvalue weighted by molar-refractivity contribution is 0.0283. The number of hydrogen-bond donors (Lipinski definition) is 1. The van der Waals surface area contributed by atoms with E-state index in [0.717, 1.165) is 53.8 Å². The number of unbranched alkanes of at least 4 members (excludes halogenated alkanes) is 2. The second kappa shape index (κ2) is 13.6. The summed E-state index contributed by atoms with van der Waals surface area (Å²) in [5.74, 6) is 8.10. The molecule has 0 aromatic rings. The Bertz CT molecular complexity index is 465. The fraction of sp³-hybridized carbons (Fsp3) is 1.00. The topological polar surface area (TPSA) is 20.2 Å². The first-order valence-electron chi connectivity index (χ1n) is 14.8. The molecule has 0 aromatic heterocycles. The molecule has 3 rings (SSSR count). The van der Waals surface area contributed by atoms with E-state index in [2.05, 4.69) is 20.8 Å². The van der Waals surface area contributed by atoms with Crippen molar-refractivity contribution in [1.29, 1.82) is 0 Å². The summed E-state index contributed by atoms with van der Waals surface area (Å²) < 4.78 is 0. The molecule has 182 valence electrons. The van der Waals surface area contributed by atoms with Gasteiger partial charge in [-0.15, -0.1) is 0 Å². The summed E-state index contributed by atoms with van der Waals surface area (Å²) in [5.41, 5.74) is 0. The number of aliphatic hydroxyl groups excluding tert-OH is 1. The smallest absolute Gasteiger partial charge is 0.0431 e. The molecule has 31 heavy (non-hydrogen) atoms. The van der Waals surface area contributed by atoms with Gasteiger partial charge in [0.1, 0.15) is 0 Å². The molecule has 0 spiro atoms. The van der Waals surface area contributed by atoms with Crippen LogP contribution in [0, 0.1) is 47.3 Å². The van der Waals surface area contributed by atoms with Crippen LogP contribution in [-0.2, 0) is 0 Å². The average Bonchev–Trinajstić information content (AvgIpc) is 2.82. The highest BCUT2D eigenvalue weighted by molar-refractivity contribution is 4.91. The molecule has 6 atom stereocenters. The van der Waals surface area contributed by atoms with Gasteiger partial charge in [-0.3, -0.25) is 0 Å². The largest absolute Gasteiger partial charge is 0.396 e. The van der Waals surface area contributed by atoms with Gasteiger partial charge in [-0.25, -0.2) is 0 Å². The van der Waals surface area contributed by atoms with E-state index in [-0.39, 0.29) is 0 Å². The van der Waals surface area contributed by atoms with Crippen LogP contribution in [0.2, 0.25) is 0 Å². The van der Waals surface area contributed by atoms with Gasteiger partial charge in [-0.2, -0.15) is 0 Å². The van der Waals surface area contributed by atoms with E-state index in [4.69, 9.17) is 0 Å². The summed E-state index contributed by atoms with van der Waals surface area (Å²) in [6.07, 6.45) is 26.2. The van der Waals surface area contributed by atoms with Crippen molar-refractivity contribution >= 4 is 0 Å². The standard InChI is InChI=1S/C30H56O/c1-4-7-8-10-23-12-15-27(16-13-23)29-19-17-28(22-26(29)6-3)30-18-14-24(11-9-20-31)21-25(30)5-2/h23-31H,4-22H2,1-3H3. The zero-order valence-corrected chi connectivity index (χ0v) is 21.5. The summed E-state index contributed by atoms with van der Waals surface area (Å²) in [5, 5.41) is 9.23. The number of aliphatic hydroxyl groups is 1. The second-order valence-corrected chi connectivity index (χ2v) is 12.1. The zero-order chi connectivity index (χ0) is 22.1. The lowest BCUT2D eigenvalue weighted by Crippen LogP contribution is -2.38. The van der Waals surface area contributed by atoms with E-state index >= 15 is 0 Å². The van der Waals surface area contributed by atoms with Crippen LogP contribution in [0.15, 0.2) is 0 Å². The van der Waals surface area contributed by atoms with Crippen LogP contribution in [0.5, 0.6) is 0 Å². The van der Waals surface area contributed by atoms with Gasteiger partial charge in [0.15, 0.2) is 0 Å². The molecule has 3 aliphatic carbocycles. The first kappa shape index (κ1) is 25.6. The van der Waals surface area contributed by atoms with E-state index in [1.54, 1.807) is 44.9 Å². The van der Waals surface area contributed by atoms with Gasteiger partial charge in [0.2, 0.25) is 0 Å². The van der Waals surface area contributed by atoms with Crippen molar-refractivity contribution in [2.45, 2.75) is 136 Å². The highest BCUT2D eigenvalue weighted by Gasteiger charge is 2.41. The van der Waals surface area contributed by atoms with Crippen LogP contribution in [0.4, 0.5) is 0 Å². The van der Waals surface area contributed by atoms with E-state index < -0.39 is 0 Å². The van der Waals surface area contributed by atoms with Gasteiger partial charge in [0, 0.05) is 6.61 Å². The lowest BCUT2D eigenvalue weighted by Gasteiger charge is -2.47. The fourth-order valence-electron chi connectivity index (χ4n) is 8.51. The quantitative estimate of drug-likeness (QED) is 0.323. The normalized spacial score (nSPS) is 39.5. The molecule has 0 radical (unpaired) electrons. The molecule has 0 saturated heterocycles. The molecule has 1 heteroatoms. The van der Waals surface area contributed by atoms with Gasteiger partial charge in [-0.1, -0.05) is 78.6 Å². The lowest BCUT2D eigenvalue weighted by atomic mass is 9.58. The summed E-state index contributed by atoms with van der Waals surface area (Å²) in [4.78, 5) is 0. The van der Waals surface area contributed by atoms with Crippen LogP contribution in [0.25, 0.3) is 0 Å². The summed E-state index contributed by atoms with van der Waals surface area (Å²) in [7, 11) is 0. The monoisotopic (exact) mass is 432 g/mol. The minimum atomic E-state index is 0.388. The molecular formula is C30H56O. The van der Waals surface area contributed by atoms with Gasteiger partial charge in [-0.05, 0) is 105 Å². The SMILES string of the molecule is CCCCCC1CCC(C2CCC(C3CCC(CCCO)CC3CC)CC2CC)CC1. The summed E-state index contributed by atoms with van der Waals surface area (Å²) in [6, 6.07) is 0. The molecule has 0 bridgehead atoms. The van der Waals surface area contributed by atoms with E-state index in [0.29, 0.717) is 6.61 Å². The molecule has 3 fully saturated rings. The van der Waals surface area contributed by atoms with Crippen molar-refractivity contribution in [2.75, 3.05) is 6.61 Å². The van der Waals surface area contributed by atoms with Crippen molar-refractivity contribution in [3.8, 4) is 0 Å². The Labute approximate surface area is 195 Å². The predicted octanol–water partition coefficient (Wildman–Crippen LogP) is 9.03. The molecule has 3 saturated carbocycles. The minimum Gasteiger partial charge on any atom is -0.396 e. The Hall–Kier alpha value is -0.0400. The van der Waals surface area contributed by atoms with E-state index in [9.17, 15) is 5.11 Å². The second-order valence-electron chi connectivity index (χ2n) is 12.1. The Morgan fingerprint density at radius 3 is 1.84 bits per heavy atom. The Balaban J connectivity index is 1.48. The average molecular weight is 433 g/mol. The van der Waals surface area contributed by atoms with Crippen LogP contribution in [0.3, 0.4) is 0 Å². The molecule has 0 aliphatic heterocycles. The van der Waals surface area contributed by atoms with Gasteiger partial charge in [0.05, 0.1) is 0 Å². The minimum absolute atomic E-state index is 0.388. The first-order chi connectivity index (χ1) is 15.2. The molecule has 3 aliphatic rings. The maximum absolute atomic E-state index is 9.23. The Kier molecular flexibility index (Phi) is 11.2. The summed E-state index contributed by atoms with van der Waals surface area (Å²) >= 11 is 0. The van der Waals surface area contributed by atoms with Gasteiger partial charge in [0.25, 0.3) is 0 Å². The van der Waals surface area contributed by atoms with Crippen molar-refractivity contribution in [3.63, 3.8) is 0 Å². The van der Waals surface area contributed by atoms with Gasteiger partial charge < -0.3 is 5.11 Å².